The van der Waals surface area contributed by atoms with E-state index in [1.165, 1.54) is 19.1 Å². The molecule has 1 heterocycles. The van der Waals surface area contributed by atoms with Crippen molar-refractivity contribution in [3.05, 3.63) is 69.4 Å². The zero-order chi connectivity index (χ0) is 21.9. The number of thiophene rings is 1. The van der Waals surface area contributed by atoms with Crippen molar-refractivity contribution in [2.45, 2.75) is 37.6 Å². The summed E-state index contributed by atoms with van der Waals surface area (Å²) in [6.07, 6.45) is -4.33. The average Bonchev–Trinajstić information content (AvgIpc) is 3.05. The summed E-state index contributed by atoms with van der Waals surface area (Å²) in [5, 5.41) is 1.98. The van der Waals surface area contributed by atoms with Crippen LogP contribution in [0.2, 0.25) is 0 Å². The lowest BCUT2D eigenvalue weighted by atomic mass is 10.0. The average molecular weight is 453 g/mol. The molecule has 3 nitrogen and oxygen atoms in total. The fraction of sp³-hybridized carbons (Fsp3) is 0.227. The van der Waals surface area contributed by atoms with Crippen LogP contribution in [0.1, 0.15) is 28.5 Å². The maximum atomic E-state index is 12.8. The Morgan fingerprint density at radius 2 is 1.80 bits per heavy atom. The number of carbonyl (C=O) groups excluding carboxylic acids is 1. The van der Waals surface area contributed by atoms with Crippen LogP contribution in [-0.4, -0.2) is 5.97 Å². The molecule has 0 radical (unpaired) electrons. The molecule has 0 spiro atoms. The first-order chi connectivity index (χ1) is 14.1. The van der Waals surface area contributed by atoms with Gasteiger partial charge in [0.2, 0.25) is 0 Å². The number of aryl methyl sites for hydroxylation is 1. The van der Waals surface area contributed by atoms with E-state index in [0.717, 1.165) is 49.9 Å². The van der Waals surface area contributed by atoms with Crippen LogP contribution in [0.5, 0.6) is 5.75 Å². The summed E-state index contributed by atoms with van der Waals surface area (Å²) in [6, 6.07) is 10.8. The van der Waals surface area contributed by atoms with Crippen LogP contribution in [0.25, 0.3) is 11.1 Å². The smallest absolute Gasteiger partial charge is 0.287 e. The third-order valence-electron chi connectivity index (χ3n) is 4.43. The van der Waals surface area contributed by atoms with Gasteiger partial charge in [-0.2, -0.15) is 13.2 Å². The van der Waals surface area contributed by atoms with Crippen LogP contribution in [0, 0.1) is 13.8 Å². The van der Waals surface area contributed by atoms with Gasteiger partial charge in [-0.15, -0.1) is 23.1 Å². The summed E-state index contributed by atoms with van der Waals surface area (Å²) in [5.41, 5.74) is 2.99. The van der Waals surface area contributed by atoms with E-state index < -0.39 is 17.7 Å². The molecule has 3 aromatic rings. The highest BCUT2D eigenvalue weighted by molar-refractivity contribution is 7.98. The fourth-order valence-corrected chi connectivity index (χ4v) is 5.03. The summed E-state index contributed by atoms with van der Waals surface area (Å²) < 4.78 is 38.3. The first-order valence-corrected chi connectivity index (χ1v) is 10.8. The fourth-order valence-electron chi connectivity index (χ4n) is 2.78. The molecule has 0 unspecified atom stereocenters. The number of alkyl halides is 3. The van der Waals surface area contributed by atoms with Gasteiger partial charge in [-0.25, -0.2) is 4.79 Å². The number of hydrogen-bond acceptors (Lipinski definition) is 5. The van der Waals surface area contributed by atoms with Crippen molar-refractivity contribution in [2.24, 2.45) is 0 Å². The Bertz CT molecular complexity index is 1040. The third-order valence-corrected chi connectivity index (χ3v) is 6.72. The van der Waals surface area contributed by atoms with E-state index in [1.807, 2.05) is 31.4 Å². The second kappa shape index (κ2) is 9.14. The molecule has 0 amide bonds. The Morgan fingerprint density at radius 1 is 1.10 bits per heavy atom. The van der Waals surface area contributed by atoms with Crippen LogP contribution >= 0.6 is 23.1 Å². The molecule has 3 rings (SSSR count). The number of benzene rings is 2. The van der Waals surface area contributed by atoms with Gasteiger partial charge in [-0.05, 0) is 71.8 Å². The van der Waals surface area contributed by atoms with E-state index in [0.29, 0.717) is 5.75 Å². The van der Waals surface area contributed by atoms with Crippen molar-refractivity contribution in [3.63, 3.8) is 0 Å². The molecule has 2 aromatic carbocycles. The molecule has 0 saturated carbocycles. The number of hydrogen-bond donors (Lipinski definition) is 0. The number of rotatable bonds is 6. The Labute approximate surface area is 180 Å². The second-order valence-electron chi connectivity index (χ2n) is 6.65. The molecule has 30 heavy (non-hydrogen) atoms. The van der Waals surface area contributed by atoms with Crippen molar-refractivity contribution < 1.29 is 27.7 Å². The Balaban J connectivity index is 1.68. The van der Waals surface area contributed by atoms with Crippen molar-refractivity contribution in [3.8, 4) is 16.9 Å². The molecule has 158 valence electrons. The van der Waals surface area contributed by atoms with E-state index in [2.05, 4.69) is 4.89 Å². The van der Waals surface area contributed by atoms with Crippen LogP contribution in [0.3, 0.4) is 0 Å². The lowest BCUT2D eigenvalue weighted by molar-refractivity contribution is -0.211. The molecule has 0 aliphatic rings. The highest BCUT2D eigenvalue weighted by atomic mass is 32.2. The largest absolute Gasteiger partial charge is 0.416 e. The lowest BCUT2D eigenvalue weighted by Gasteiger charge is -2.09. The standard InChI is InChI=1S/C22H19F3O3S2/c1-13-10-18(8-9-20(13)28-27-15(3)26)29-12-21-14(2)19(11-30-21)16-4-6-17(7-5-16)22(23,24)25/h4-11H,12H2,1-3H3. The summed E-state index contributed by atoms with van der Waals surface area (Å²) in [4.78, 5) is 22.6. The minimum absolute atomic E-state index is 0.478. The van der Waals surface area contributed by atoms with Crippen LogP contribution in [0.4, 0.5) is 13.2 Å². The molecule has 1 aromatic heterocycles. The predicted octanol–water partition coefficient (Wildman–Crippen LogP) is 7.20. The van der Waals surface area contributed by atoms with E-state index in [-0.39, 0.29) is 0 Å². The molecule has 0 atom stereocenters. The summed E-state index contributed by atoms with van der Waals surface area (Å²) in [5.74, 6) is 0.692. The van der Waals surface area contributed by atoms with Gasteiger partial charge in [0.1, 0.15) is 0 Å². The maximum Gasteiger partial charge on any atom is 0.416 e. The molecular formula is C22H19F3O3S2. The van der Waals surface area contributed by atoms with Crippen molar-refractivity contribution >= 4 is 29.1 Å². The number of halogens is 3. The molecule has 8 heteroatoms. The van der Waals surface area contributed by atoms with E-state index >= 15 is 0 Å². The second-order valence-corrected chi connectivity index (χ2v) is 8.66. The highest BCUT2D eigenvalue weighted by Gasteiger charge is 2.30. The van der Waals surface area contributed by atoms with Crippen LogP contribution in [-0.2, 0) is 21.6 Å². The van der Waals surface area contributed by atoms with Crippen LogP contribution in [0.15, 0.2) is 52.7 Å². The van der Waals surface area contributed by atoms with E-state index in [9.17, 15) is 18.0 Å². The zero-order valence-electron chi connectivity index (χ0n) is 16.5. The lowest BCUT2D eigenvalue weighted by Crippen LogP contribution is -2.03. The van der Waals surface area contributed by atoms with Crippen molar-refractivity contribution in [1.29, 1.82) is 0 Å². The highest BCUT2D eigenvalue weighted by Crippen LogP contribution is 2.37. The van der Waals surface area contributed by atoms with Crippen molar-refractivity contribution in [1.82, 2.24) is 0 Å². The zero-order valence-corrected chi connectivity index (χ0v) is 18.1. The monoisotopic (exact) mass is 452 g/mol. The summed E-state index contributed by atoms with van der Waals surface area (Å²) >= 11 is 3.24. The molecule has 0 bridgehead atoms. The van der Waals surface area contributed by atoms with Gasteiger partial charge in [0.05, 0.1) is 5.56 Å². The van der Waals surface area contributed by atoms with Crippen LogP contribution < -0.4 is 4.89 Å². The Morgan fingerprint density at radius 3 is 2.40 bits per heavy atom. The molecule has 0 aliphatic heterocycles. The molecule has 0 saturated heterocycles. The minimum atomic E-state index is -4.33. The predicted molar refractivity (Wildman–Crippen MR) is 113 cm³/mol. The van der Waals surface area contributed by atoms with Gasteiger partial charge >= 0.3 is 12.1 Å². The Kier molecular flexibility index (Phi) is 6.77. The van der Waals surface area contributed by atoms with Gasteiger partial charge in [0, 0.05) is 22.4 Å². The molecule has 0 fully saturated rings. The van der Waals surface area contributed by atoms with Gasteiger partial charge in [0.25, 0.3) is 0 Å². The first kappa shape index (κ1) is 22.2. The quantitative estimate of drug-likeness (QED) is 0.225. The van der Waals surface area contributed by atoms with Gasteiger partial charge in [-0.3, -0.25) is 9.78 Å². The topological polar surface area (TPSA) is 35.5 Å². The number of thioether (sulfide) groups is 1. The maximum absolute atomic E-state index is 12.8. The molecule has 0 aliphatic carbocycles. The van der Waals surface area contributed by atoms with E-state index in [1.54, 1.807) is 29.2 Å². The minimum Gasteiger partial charge on any atom is -0.287 e. The Hall–Kier alpha value is -2.45. The third kappa shape index (κ3) is 5.37. The van der Waals surface area contributed by atoms with E-state index in [4.69, 9.17) is 4.89 Å². The molecular weight excluding hydrogens is 433 g/mol. The SMILES string of the molecule is CC(=O)OOc1ccc(SCc2scc(-c3ccc(C(F)(F)F)cc3)c2C)cc1C. The summed E-state index contributed by atoms with van der Waals surface area (Å²) in [7, 11) is 0. The summed E-state index contributed by atoms with van der Waals surface area (Å²) in [6.45, 7) is 5.12. The van der Waals surface area contributed by atoms with Gasteiger partial charge in [-0.1, -0.05) is 12.1 Å². The van der Waals surface area contributed by atoms with Gasteiger partial charge in [0.15, 0.2) is 5.75 Å². The van der Waals surface area contributed by atoms with Crippen molar-refractivity contribution in [2.75, 3.05) is 0 Å². The first-order valence-electron chi connectivity index (χ1n) is 8.98. The van der Waals surface area contributed by atoms with Gasteiger partial charge < -0.3 is 0 Å². The number of carbonyl (C=O) groups is 1. The normalized spacial score (nSPS) is 11.4. The molecule has 0 N–H and O–H groups in total.